The molecule has 0 aromatic heterocycles. The molecule has 11 heteroatoms. The molecule has 0 rings (SSSR count). The molecule has 0 bridgehead atoms. The Morgan fingerprint density at radius 3 is 1.71 bits per heavy atom. The van der Waals surface area contributed by atoms with E-state index in [1.807, 2.05) is 0 Å². The largest absolute Gasteiger partial charge is 0.480 e. The van der Waals surface area contributed by atoms with Crippen molar-refractivity contribution in [2.45, 2.75) is 115 Å². The van der Waals surface area contributed by atoms with Crippen molar-refractivity contribution in [1.82, 2.24) is 0 Å². The number of carboxylic acids is 1. The van der Waals surface area contributed by atoms with Gasteiger partial charge in [-0.1, -0.05) is 90.4 Å². The molecule has 0 fully saturated rings. The zero-order valence-corrected chi connectivity index (χ0v) is 21.6. The molecule has 0 saturated carbocycles. The summed E-state index contributed by atoms with van der Waals surface area (Å²) in [5.74, 6) is -1.85. The van der Waals surface area contributed by atoms with Gasteiger partial charge in [-0.2, -0.15) is 0 Å². The Hall–Kier alpha value is -1.03. The number of unbranched alkanes of at least 4 members (excludes halogenated alkanes) is 13. The number of aliphatic carboxylic acids is 1. The molecule has 0 radical (unpaired) electrons. The van der Waals surface area contributed by atoms with E-state index >= 15 is 0 Å². The number of carbonyl (C=O) groups is 2. The number of aliphatic hydroxyl groups excluding tert-OH is 1. The third-order valence-corrected chi connectivity index (χ3v) is 6.29. The second kappa shape index (κ2) is 21.3. The highest BCUT2D eigenvalue weighted by Gasteiger charge is 2.26. The summed E-state index contributed by atoms with van der Waals surface area (Å²) < 4.78 is 25.5. The zero-order valence-electron chi connectivity index (χ0n) is 20.7. The van der Waals surface area contributed by atoms with Crippen molar-refractivity contribution < 1.29 is 43.0 Å². The SMILES string of the molecule is CCCCCCCCCCCCCCCCC(=O)OCC(O)COP(=O)(O)OCC(N)C(=O)O. The predicted octanol–water partition coefficient (Wildman–Crippen LogP) is 4.31. The molecule has 3 atom stereocenters. The Balaban J connectivity index is 3.57. The number of rotatable bonds is 24. The average molecular weight is 512 g/mol. The number of aliphatic hydroxyl groups is 1. The van der Waals surface area contributed by atoms with Crippen LogP contribution in [0.4, 0.5) is 0 Å². The molecule has 5 N–H and O–H groups in total. The van der Waals surface area contributed by atoms with E-state index in [1.54, 1.807) is 0 Å². The van der Waals surface area contributed by atoms with Crippen LogP contribution < -0.4 is 5.73 Å². The summed E-state index contributed by atoms with van der Waals surface area (Å²) in [5.41, 5.74) is 5.15. The molecule has 0 heterocycles. The first-order valence-corrected chi connectivity index (χ1v) is 14.1. The number of phosphoric ester groups is 1. The quantitative estimate of drug-likeness (QED) is 0.0833. The minimum absolute atomic E-state index is 0.250. The molecule has 0 saturated heterocycles. The molecule has 202 valence electrons. The second-order valence-corrected chi connectivity index (χ2v) is 10.1. The van der Waals surface area contributed by atoms with Crippen molar-refractivity contribution in [1.29, 1.82) is 0 Å². The van der Waals surface area contributed by atoms with Crippen LogP contribution >= 0.6 is 7.82 Å². The standard InChI is InChI=1S/C23H46NO9P/c1-2-3-4-5-6-7-8-9-10-11-12-13-14-15-16-22(26)31-17-20(25)18-32-34(29,30)33-19-21(24)23(27)28/h20-21,25H,2-19,24H2,1H3,(H,27,28)(H,29,30). The van der Waals surface area contributed by atoms with Gasteiger partial charge in [0.15, 0.2) is 0 Å². The van der Waals surface area contributed by atoms with Gasteiger partial charge >= 0.3 is 19.8 Å². The van der Waals surface area contributed by atoms with E-state index in [9.17, 15) is 24.2 Å². The lowest BCUT2D eigenvalue weighted by molar-refractivity contribution is -0.147. The van der Waals surface area contributed by atoms with Crippen molar-refractivity contribution in [3.63, 3.8) is 0 Å². The summed E-state index contributed by atoms with van der Waals surface area (Å²) in [7, 11) is -4.58. The third-order valence-electron chi connectivity index (χ3n) is 5.34. The highest BCUT2D eigenvalue weighted by molar-refractivity contribution is 7.47. The molecule has 0 aromatic rings. The van der Waals surface area contributed by atoms with Crippen molar-refractivity contribution in [2.24, 2.45) is 5.73 Å². The number of carbonyl (C=O) groups excluding carboxylic acids is 1. The Kier molecular flexibility index (Phi) is 20.6. The minimum Gasteiger partial charge on any atom is -0.480 e. The van der Waals surface area contributed by atoms with Crippen LogP contribution in [0.25, 0.3) is 0 Å². The fourth-order valence-corrected chi connectivity index (χ4v) is 4.02. The maximum atomic E-state index is 11.7. The molecule has 0 spiro atoms. The molecule has 0 aliphatic rings. The van der Waals surface area contributed by atoms with Crippen molar-refractivity contribution in [3.05, 3.63) is 0 Å². The summed E-state index contributed by atoms with van der Waals surface area (Å²) in [5, 5.41) is 18.3. The van der Waals surface area contributed by atoms with Crippen molar-refractivity contribution in [3.8, 4) is 0 Å². The van der Waals surface area contributed by atoms with Crippen LogP contribution in [0.1, 0.15) is 103 Å². The number of hydrogen-bond donors (Lipinski definition) is 4. The molecule has 3 unspecified atom stereocenters. The van der Waals surface area contributed by atoms with Gasteiger partial charge in [0.25, 0.3) is 0 Å². The second-order valence-electron chi connectivity index (χ2n) is 8.69. The smallest absolute Gasteiger partial charge is 0.472 e. The van der Waals surface area contributed by atoms with Crippen LogP contribution in [-0.2, 0) is 27.9 Å². The van der Waals surface area contributed by atoms with E-state index in [0.29, 0.717) is 6.42 Å². The number of esters is 1. The summed E-state index contributed by atoms with van der Waals surface area (Å²) >= 11 is 0. The fourth-order valence-electron chi connectivity index (χ4n) is 3.24. The maximum absolute atomic E-state index is 11.7. The Labute approximate surface area is 204 Å². The monoisotopic (exact) mass is 511 g/mol. The predicted molar refractivity (Wildman–Crippen MR) is 129 cm³/mol. The van der Waals surface area contributed by atoms with E-state index in [1.165, 1.54) is 70.6 Å². The van der Waals surface area contributed by atoms with Crippen LogP contribution in [0.15, 0.2) is 0 Å². The van der Waals surface area contributed by atoms with Gasteiger partial charge in [-0.05, 0) is 6.42 Å². The molecule has 0 aliphatic carbocycles. The molecule has 10 nitrogen and oxygen atoms in total. The summed E-state index contributed by atoms with van der Waals surface area (Å²) in [4.78, 5) is 31.7. The van der Waals surface area contributed by atoms with Crippen molar-refractivity contribution in [2.75, 3.05) is 19.8 Å². The normalized spacial score (nSPS) is 14.9. The first kappa shape index (κ1) is 33.0. The highest BCUT2D eigenvalue weighted by Crippen LogP contribution is 2.43. The highest BCUT2D eigenvalue weighted by atomic mass is 31.2. The first-order valence-electron chi connectivity index (χ1n) is 12.6. The lowest BCUT2D eigenvalue weighted by Crippen LogP contribution is -2.34. The summed E-state index contributed by atoms with van der Waals surface area (Å²) in [6.07, 6.45) is 16.1. The lowest BCUT2D eigenvalue weighted by Gasteiger charge is -2.16. The van der Waals surface area contributed by atoms with Crippen LogP contribution in [0.5, 0.6) is 0 Å². The molecule has 0 amide bonds. The zero-order chi connectivity index (χ0) is 25.7. The number of phosphoric acid groups is 1. The molecular formula is C23H46NO9P. The van der Waals surface area contributed by atoms with Gasteiger partial charge in [0, 0.05) is 6.42 Å². The van der Waals surface area contributed by atoms with Gasteiger partial charge in [-0.15, -0.1) is 0 Å². The Bertz CT molecular complexity index is 577. The Morgan fingerprint density at radius 2 is 1.24 bits per heavy atom. The van der Waals surface area contributed by atoms with E-state index in [-0.39, 0.29) is 13.0 Å². The summed E-state index contributed by atoms with van der Waals surface area (Å²) in [6.45, 7) is 0.503. The van der Waals surface area contributed by atoms with Crippen LogP contribution in [0.3, 0.4) is 0 Å². The summed E-state index contributed by atoms with van der Waals surface area (Å²) in [6, 6.07) is -1.48. The Morgan fingerprint density at radius 1 is 0.794 bits per heavy atom. The van der Waals surface area contributed by atoms with Gasteiger partial charge in [0.2, 0.25) is 0 Å². The van der Waals surface area contributed by atoms with Gasteiger partial charge < -0.3 is 25.6 Å². The molecule has 34 heavy (non-hydrogen) atoms. The number of hydrogen-bond acceptors (Lipinski definition) is 8. The van der Waals surface area contributed by atoms with E-state index < -0.39 is 45.1 Å². The average Bonchev–Trinajstić information content (AvgIpc) is 2.80. The first-order chi connectivity index (χ1) is 16.2. The number of ether oxygens (including phenoxy) is 1. The minimum atomic E-state index is -4.58. The van der Waals surface area contributed by atoms with E-state index in [4.69, 9.17) is 15.6 Å². The van der Waals surface area contributed by atoms with Crippen LogP contribution in [0.2, 0.25) is 0 Å². The van der Waals surface area contributed by atoms with Gasteiger partial charge in [0.1, 0.15) is 18.8 Å². The number of carboxylic acid groups (broad SMARTS) is 1. The van der Waals surface area contributed by atoms with Gasteiger partial charge in [-0.3, -0.25) is 18.6 Å². The van der Waals surface area contributed by atoms with E-state index in [0.717, 1.165) is 12.8 Å². The molecular weight excluding hydrogens is 465 g/mol. The van der Waals surface area contributed by atoms with E-state index in [2.05, 4.69) is 16.0 Å². The molecule has 0 aliphatic heterocycles. The van der Waals surface area contributed by atoms with Crippen LogP contribution in [-0.4, -0.2) is 59.0 Å². The van der Waals surface area contributed by atoms with Crippen molar-refractivity contribution >= 4 is 19.8 Å². The number of nitrogens with two attached hydrogens (primary N) is 1. The third kappa shape index (κ3) is 21.5. The molecule has 0 aromatic carbocycles. The lowest BCUT2D eigenvalue weighted by atomic mass is 10.0. The van der Waals surface area contributed by atoms with Crippen LogP contribution in [0, 0.1) is 0 Å². The van der Waals surface area contributed by atoms with Gasteiger partial charge in [0.05, 0.1) is 13.2 Å². The maximum Gasteiger partial charge on any atom is 0.472 e. The topological polar surface area (TPSA) is 166 Å². The fraction of sp³-hybridized carbons (Fsp3) is 0.913. The van der Waals surface area contributed by atoms with Gasteiger partial charge in [-0.25, -0.2) is 4.57 Å².